The Morgan fingerprint density at radius 1 is 1.26 bits per heavy atom. The highest BCUT2D eigenvalue weighted by Gasteiger charge is 2.63. The molecule has 0 spiro atoms. The number of hydrogen-bond acceptors (Lipinski definition) is 11. The van der Waals surface area contributed by atoms with Crippen LogP contribution in [0.25, 0.3) is 11.2 Å². The number of carbonyl (C=O) groups is 1. The van der Waals surface area contributed by atoms with Crippen LogP contribution >= 0.6 is 7.82 Å². The smallest absolute Gasteiger partial charge is 0.423 e. The van der Waals surface area contributed by atoms with Crippen LogP contribution in [0.1, 0.15) is 18.3 Å². The summed E-state index contributed by atoms with van der Waals surface area (Å²) in [5.74, 6) is -0.704. The molecule has 3 heterocycles. The summed E-state index contributed by atoms with van der Waals surface area (Å²) in [4.78, 5) is 44.3. The molecule has 1 aliphatic heterocycles. The van der Waals surface area contributed by atoms with Gasteiger partial charge in [-0.15, -0.1) is 0 Å². The number of aryl methyl sites for hydroxylation is 2. The molecule has 188 valence electrons. The number of ether oxygens (including phenoxy) is 2. The van der Waals surface area contributed by atoms with Gasteiger partial charge in [0.1, 0.15) is 41.7 Å². The Morgan fingerprint density at radius 2 is 1.94 bits per heavy atom. The van der Waals surface area contributed by atoms with Crippen LogP contribution in [0.15, 0.2) is 30.6 Å². The Labute approximate surface area is 198 Å². The van der Waals surface area contributed by atoms with Gasteiger partial charge in [-0.3, -0.25) is 9.09 Å². The highest BCUT2D eigenvalue weighted by Crippen LogP contribution is 2.42. The number of hydrogen-bond donors (Lipinski definition) is 5. The van der Waals surface area contributed by atoms with E-state index in [1.807, 2.05) is 6.92 Å². The molecule has 2 aromatic heterocycles. The second kappa shape index (κ2) is 9.24. The zero-order chi connectivity index (χ0) is 25.5. The van der Waals surface area contributed by atoms with Crippen LogP contribution in [0.4, 0.5) is 5.82 Å². The van der Waals surface area contributed by atoms with Gasteiger partial charge in [0, 0.05) is 6.42 Å². The fourth-order valence-corrected chi connectivity index (χ4v) is 4.07. The zero-order valence-corrected chi connectivity index (χ0v) is 19.6. The van der Waals surface area contributed by atoms with Crippen molar-refractivity contribution in [2.75, 3.05) is 12.3 Å². The van der Waals surface area contributed by atoms with Crippen LogP contribution in [0.2, 0.25) is 0 Å². The SMILES string of the molecule is CCc1nc(N)c2ncn(C3(C(=O)Oc4ccc(C)cc4)OC(COP(=O)(O)O)C(O)C3O)c2n1. The van der Waals surface area contributed by atoms with Gasteiger partial charge in [-0.25, -0.2) is 24.3 Å². The molecule has 1 aliphatic rings. The maximum atomic E-state index is 13.6. The van der Waals surface area contributed by atoms with Gasteiger partial charge in [-0.1, -0.05) is 24.6 Å². The molecule has 6 N–H and O–H groups in total. The van der Waals surface area contributed by atoms with Gasteiger partial charge >= 0.3 is 13.8 Å². The number of phosphoric ester groups is 1. The van der Waals surface area contributed by atoms with E-state index in [0.717, 1.165) is 16.5 Å². The van der Waals surface area contributed by atoms with Crippen molar-refractivity contribution in [3.63, 3.8) is 0 Å². The van der Waals surface area contributed by atoms with E-state index >= 15 is 0 Å². The summed E-state index contributed by atoms with van der Waals surface area (Å²) in [6, 6.07) is 6.44. The number of nitrogens with zero attached hydrogens (tertiary/aromatic N) is 4. The summed E-state index contributed by atoms with van der Waals surface area (Å²) in [7, 11) is -4.95. The highest BCUT2D eigenvalue weighted by atomic mass is 31.2. The fraction of sp³-hybridized carbons (Fsp3) is 0.400. The monoisotopic (exact) mass is 509 g/mol. The van der Waals surface area contributed by atoms with Gasteiger partial charge in [0.05, 0.1) is 6.61 Å². The van der Waals surface area contributed by atoms with Gasteiger partial charge in [0.25, 0.3) is 5.72 Å². The van der Waals surface area contributed by atoms with E-state index in [9.17, 15) is 19.6 Å². The predicted molar refractivity (Wildman–Crippen MR) is 119 cm³/mol. The van der Waals surface area contributed by atoms with E-state index in [1.54, 1.807) is 19.1 Å². The number of carbonyl (C=O) groups excluding carboxylic acids is 1. The van der Waals surface area contributed by atoms with Crippen molar-refractivity contribution < 1.29 is 43.4 Å². The molecule has 14 nitrogen and oxygen atoms in total. The minimum absolute atomic E-state index is 0.0120. The number of anilines is 1. The molecule has 0 aliphatic carbocycles. The van der Waals surface area contributed by atoms with Crippen molar-refractivity contribution in [1.82, 2.24) is 19.5 Å². The molecule has 15 heteroatoms. The first kappa shape index (κ1) is 25.1. The quantitative estimate of drug-likeness (QED) is 0.158. The average Bonchev–Trinajstić information content (AvgIpc) is 3.34. The number of rotatable bonds is 7. The molecular formula is C20H24N5O9P. The summed E-state index contributed by atoms with van der Waals surface area (Å²) in [5, 5.41) is 21.7. The summed E-state index contributed by atoms with van der Waals surface area (Å²) in [6.07, 6.45) is -3.82. The topological polar surface area (TPSA) is 212 Å². The molecule has 3 aromatic rings. The molecule has 0 amide bonds. The van der Waals surface area contributed by atoms with Gasteiger partial charge in [-0.05, 0) is 19.1 Å². The van der Waals surface area contributed by atoms with Crippen molar-refractivity contribution in [3.05, 3.63) is 42.0 Å². The first-order chi connectivity index (χ1) is 16.5. The summed E-state index contributed by atoms with van der Waals surface area (Å²) < 4.78 is 27.9. The number of nitrogens with two attached hydrogens (primary N) is 1. The molecule has 4 rings (SSSR count). The van der Waals surface area contributed by atoms with Gasteiger partial charge in [0.2, 0.25) is 0 Å². The first-order valence-electron chi connectivity index (χ1n) is 10.5. The lowest BCUT2D eigenvalue weighted by Gasteiger charge is -2.31. The third-order valence-electron chi connectivity index (χ3n) is 5.51. The van der Waals surface area contributed by atoms with E-state index in [0.29, 0.717) is 12.2 Å². The molecule has 0 bridgehead atoms. The lowest BCUT2D eigenvalue weighted by atomic mass is 10.0. The van der Waals surface area contributed by atoms with E-state index in [2.05, 4.69) is 19.5 Å². The second-order valence-corrected chi connectivity index (χ2v) is 9.18. The summed E-state index contributed by atoms with van der Waals surface area (Å²) >= 11 is 0. The van der Waals surface area contributed by atoms with Crippen LogP contribution in [0.3, 0.4) is 0 Å². The Morgan fingerprint density at radius 3 is 2.57 bits per heavy atom. The maximum Gasteiger partial charge on any atom is 0.469 e. The van der Waals surface area contributed by atoms with Crippen LogP contribution in [-0.2, 0) is 30.8 Å². The van der Waals surface area contributed by atoms with Gasteiger partial charge in [0.15, 0.2) is 11.5 Å². The van der Waals surface area contributed by atoms with Gasteiger partial charge in [-0.2, -0.15) is 0 Å². The van der Waals surface area contributed by atoms with E-state index in [4.69, 9.17) is 25.0 Å². The summed E-state index contributed by atoms with van der Waals surface area (Å²) in [6.45, 7) is 2.78. The van der Waals surface area contributed by atoms with E-state index in [-0.39, 0.29) is 22.7 Å². The fourth-order valence-electron chi connectivity index (χ4n) is 3.73. The van der Waals surface area contributed by atoms with Gasteiger partial charge < -0.3 is 35.2 Å². The lowest BCUT2D eigenvalue weighted by Crippen LogP contribution is -2.53. The van der Waals surface area contributed by atoms with Crippen LogP contribution in [0.5, 0.6) is 5.75 Å². The minimum Gasteiger partial charge on any atom is -0.423 e. The molecule has 0 saturated carbocycles. The number of aromatic nitrogens is 4. The van der Waals surface area contributed by atoms with E-state index in [1.165, 1.54) is 12.1 Å². The molecule has 4 atom stereocenters. The Bertz CT molecular complexity index is 1290. The maximum absolute atomic E-state index is 13.6. The molecular weight excluding hydrogens is 485 g/mol. The zero-order valence-electron chi connectivity index (χ0n) is 18.7. The number of nitrogen functional groups attached to an aromatic ring is 1. The molecule has 35 heavy (non-hydrogen) atoms. The number of benzene rings is 1. The Balaban J connectivity index is 1.84. The molecule has 1 fully saturated rings. The number of imidazole rings is 1. The highest BCUT2D eigenvalue weighted by molar-refractivity contribution is 7.46. The predicted octanol–water partition coefficient (Wildman–Crippen LogP) is -0.232. The van der Waals surface area contributed by atoms with Crippen molar-refractivity contribution in [3.8, 4) is 5.75 Å². The third-order valence-corrected chi connectivity index (χ3v) is 6.00. The molecule has 4 unspecified atom stereocenters. The van der Waals surface area contributed by atoms with Crippen LogP contribution in [0, 0.1) is 6.92 Å². The van der Waals surface area contributed by atoms with Crippen LogP contribution < -0.4 is 10.5 Å². The second-order valence-electron chi connectivity index (χ2n) is 7.94. The lowest BCUT2D eigenvalue weighted by molar-refractivity contribution is -0.190. The third kappa shape index (κ3) is 4.65. The van der Waals surface area contributed by atoms with Crippen molar-refractivity contribution in [2.24, 2.45) is 0 Å². The number of esters is 1. The first-order valence-corrected chi connectivity index (χ1v) is 12.0. The van der Waals surface area contributed by atoms with E-state index < -0.39 is 44.4 Å². The van der Waals surface area contributed by atoms with Crippen molar-refractivity contribution in [2.45, 2.75) is 44.3 Å². The van der Waals surface area contributed by atoms with Crippen LogP contribution in [-0.4, -0.2) is 70.4 Å². The largest absolute Gasteiger partial charge is 0.469 e. The van der Waals surface area contributed by atoms with Crippen molar-refractivity contribution >= 4 is 30.8 Å². The average molecular weight is 509 g/mol. The Kier molecular flexibility index (Phi) is 6.64. The molecule has 1 saturated heterocycles. The number of fused-ring (bicyclic) bond motifs is 1. The van der Waals surface area contributed by atoms with Crippen molar-refractivity contribution in [1.29, 1.82) is 0 Å². The number of phosphoric acid groups is 1. The summed E-state index contributed by atoms with van der Waals surface area (Å²) in [5.41, 5.74) is 4.54. The number of aliphatic hydroxyl groups is 2. The normalized spacial score (nSPS) is 24.7. The number of aliphatic hydroxyl groups excluding tert-OH is 2. The standard InChI is InChI=1S/C20H24N5O9P/c1-3-13-23-17(21)14-18(24-13)25(9-22-14)20(19(28)33-11-6-4-10(2)5-7-11)16(27)15(26)12(34-20)8-32-35(29,30)31/h4-7,9,12,15-16,26-27H,3,8H2,1-2H3,(H2,21,23,24)(H2,29,30,31). The Hall–Kier alpha value is -2.97. The molecule has 0 radical (unpaired) electrons. The minimum atomic E-state index is -4.95. The molecule has 1 aromatic carbocycles.